The molecule has 1 atom stereocenters. The highest BCUT2D eigenvalue weighted by Gasteiger charge is 2.25. The van der Waals surface area contributed by atoms with E-state index in [0.717, 1.165) is 6.54 Å². The smallest absolute Gasteiger partial charge is 0.250 e. The van der Waals surface area contributed by atoms with Crippen molar-refractivity contribution in [3.05, 3.63) is 48.0 Å². The maximum absolute atomic E-state index is 11.6. The van der Waals surface area contributed by atoms with Gasteiger partial charge in [-0.15, -0.1) is 0 Å². The predicted molar refractivity (Wildman–Crippen MR) is 74.7 cm³/mol. The van der Waals surface area contributed by atoms with Gasteiger partial charge in [0, 0.05) is 18.1 Å². The average molecular weight is 283 g/mol. The third-order valence-corrected chi connectivity index (χ3v) is 3.21. The van der Waals surface area contributed by atoms with Crippen LogP contribution in [-0.2, 0) is 11.3 Å². The standard InChI is InChI=1S/C15H22N2O.ClH/c1-12(2)15(18)16-13(3)17(4,5)11-14-9-7-6-8-10-14;/h6-10,13H,1,11H2,2-5H3;1H. The average Bonchev–Trinajstić information content (AvgIpc) is 2.29. The summed E-state index contributed by atoms with van der Waals surface area (Å²) in [6.45, 7) is 8.27. The minimum atomic E-state index is -0.0817. The van der Waals surface area contributed by atoms with Crippen LogP contribution >= 0.6 is 0 Å². The van der Waals surface area contributed by atoms with Gasteiger partial charge in [0.1, 0.15) is 6.54 Å². The summed E-state index contributed by atoms with van der Waals surface area (Å²) in [4.78, 5) is 11.6. The topological polar surface area (TPSA) is 29.1 Å². The van der Waals surface area contributed by atoms with Gasteiger partial charge in [0.2, 0.25) is 0 Å². The predicted octanol–water partition coefficient (Wildman–Crippen LogP) is -0.695. The fraction of sp³-hybridized carbons (Fsp3) is 0.400. The number of halogens is 1. The number of nitrogens with zero attached hydrogens (tertiary/aromatic N) is 1. The van der Waals surface area contributed by atoms with Crippen LogP contribution in [0.25, 0.3) is 0 Å². The van der Waals surface area contributed by atoms with E-state index in [9.17, 15) is 4.79 Å². The van der Waals surface area contributed by atoms with Crippen LogP contribution in [-0.4, -0.2) is 30.7 Å². The Kier molecular flexibility index (Phi) is 6.81. The number of carbonyl (C=O) groups excluding carboxylic acids is 1. The van der Waals surface area contributed by atoms with Crippen molar-refractivity contribution in [2.75, 3.05) is 14.1 Å². The Balaban J connectivity index is 0.00000324. The molecule has 0 heterocycles. The van der Waals surface area contributed by atoms with Crippen molar-refractivity contribution >= 4 is 5.91 Å². The highest BCUT2D eigenvalue weighted by molar-refractivity contribution is 5.92. The first kappa shape index (κ1) is 17.7. The molecule has 1 rings (SSSR count). The Morgan fingerprint density at radius 3 is 2.32 bits per heavy atom. The number of rotatable bonds is 5. The van der Waals surface area contributed by atoms with E-state index >= 15 is 0 Å². The van der Waals surface area contributed by atoms with Crippen LogP contribution in [0.3, 0.4) is 0 Å². The molecule has 0 bridgehead atoms. The number of nitrogens with one attached hydrogen (secondary N) is 1. The maximum Gasteiger partial charge on any atom is 0.250 e. The van der Waals surface area contributed by atoms with Crippen molar-refractivity contribution in [3.8, 4) is 0 Å². The van der Waals surface area contributed by atoms with Crippen LogP contribution < -0.4 is 17.7 Å². The molecule has 1 unspecified atom stereocenters. The number of hydrogen-bond acceptors (Lipinski definition) is 1. The molecular formula is C15H23ClN2O. The molecule has 0 radical (unpaired) electrons. The van der Waals surface area contributed by atoms with Gasteiger partial charge in [0.15, 0.2) is 6.17 Å². The Labute approximate surface area is 122 Å². The first-order valence-corrected chi connectivity index (χ1v) is 6.16. The molecule has 1 amide bonds. The SMILES string of the molecule is C=C(C)C(=O)NC(C)[N+](C)(C)Cc1ccccc1.[Cl-]. The molecule has 0 aliphatic heterocycles. The first-order chi connectivity index (χ1) is 8.33. The number of carbonyl (C=O) groups is 1. The minimum Gasteiger partial charge on any atom is -1.00 e. The number of hydrogen-bond donors (Lipinski definition) is 1. The molecule has 4 heteroatoms. The summed E-state index contributed by atoms with van der Waals surface area (Å²) in [5.74, 6) is -0.0817. The third kappa shape index (κ3) is 5.45. The van der Waals surface area contributed by atoms with E-state index in [1.165, 1.54) is 5.56 Å². The lowest BCUT2D eigenvalue weighted by molar-refractivity contribution is -0.928. The van der Waals surface area contributed by atoms with Gasteiger partial charge in [-0.25, -0.2) is 0 Å². The Morgan fingerprint density at radius 1 is 1.32 bits per heavy atom. The molecule has 0 aliphatic carbocycles. The second-order valence-corrected chi connectivity index (χ2v) is 5.35. The zero-order chi connectivity index (χ0) is 13.8. The summed E-state index contributed by atoms with van der Waals surface area (Å²) in [7, 11) is 4.22. The lowest BCUT2D eigenvalue weighted by Crippen LogP contribution is -3.00. The van der Waals surface area contributed by atoms with Crippen molar-refractivity contribution in [1.29, 1.82) is 0 Å². The van der Waals surface area contributed by atoms with Gasteiger partial charge in [-0.2, -0.15) is 0 Å². The van der Waals surface area contributed by atoms with Crippen LogP contribution in [0.15, 0.2) is 42.5 Å². The quantitative estimate of drug-likeness (QED) is 0.432. The van der Waals surface area contributed by atoms with E-state index < -0.39 is 0 Å². The fourth-order valence-electron chi connectivity index (χ4n) is 1.68. The molecule has 0 spiro atoms. The van der Waals surface area contributed by atoms with Crippen molar-refractivity contribution in [2.45, 2.75) is 26.6 Å². The van der Waals surface area contributed by atoms with Crippen molar-refractivity contribution < 1.29 is 21.7 Å². The Morgan fingerprint density at radius 2 is 1.84 bits per heavy atom. The molecule has 19 heavy (non-hydrogen) atoms. The number of benzene rings is 1. The molecule has 0 aliphatic rings. The highest BCUT2D eigenvalue weighted by atomic mass is 35.5. The van der Waals surface area contributed by atoms with Gasteiger partial charge in [-0.1, -0.05) is 36.9 Å². The maximum atomic E-state index is 11.6. The zero-order valence-corrected chi connectivity index (χ0v) is 12.9. The molecule has 1 aromatic rings. The van der Waals surface area contributed by atoms with Gasteiger partial charge in [-0.05, 0) is 6.92 Å². The lowest BCUT2D eigenvalue weighted by Gasteiger charge is -2.36. The molecule has 3 nitrogen and oxygen atoms in total. The molecule has 0 saturated carbocycles. The molecule has 0 saturated heterocycles. The van der Waals surface area contributed by atoms with Crippen LogP contribution in [0.4, 0.5) is 0 Å². The summed E-state index contributed by atoms with van der Waals surface area (Å²) < 4.78 is 0.697. The third-order valence-electron chi connectivity index (χ3n) is 3.21. The first-order valence-electron chi connectivity index (χ1n) is 6.16. The van der Waals surface area contributed by atoms with E-state index in [2.05, 4.69) is 38.1 Å². The van der Waals surface area contributed by atoms with Crippen LogP contribution in [0, 0.1) is 0 Å². The van der Waals surface area contributed by atoms with E-state index in [1.807, 2.05) is 25.1 Å². The van der Waals surface area contributed by atoms with Gasteiger partial charge in [-0.3, -0.25) is 4.79 Å². The molecule has 1 aromatic carbocycles. The van der Waals surface area contributed by atoms with Crippen LogP contribution in [0.5, 0.6) is 0 Å². The van der Waals surface area contributed by atoms with Crippen molar-refractivity contribution in [1.82, 2.24) is 5.32 Å². The summed E-state index contributed by atoms with van der Waals surface area (Å²) in [5, 5.41) is 2.97. The summed E-state index contributed by atoms with van der Waals surface area (Å²) in [6, 6.07) is 10.3. The molecular weight excluding hydrogens is 260 g/mol. The summed E-state index contributed by atoms with van der Waals surface area (Å²) in [6.07, 6.45) is 0.0365. The van der Waals surface area contributed by atoms with Crippen LogP contribution in [0.1, 0.15) is 19.4 Å². The summed E-state index contributed by atoms with van der Waals surface area (Å²) in [5.41, 5.74) is 1.81. The fourth-order valence-corrected chi connectivity index (χ4v) is 1.68. The number of amides is 1. The van der Waals surface area contributed by atoms with Gasteiger partial charge >= 0.3 is 0 Å². The van der Waals surface area contributed by atoms with E-state index in [1.54, 1.807) is 6.92 Å². The molecule has 106 valence electrons. The molecule has 1 N–H and O–H groups in total. The van der Waals surface area contributed by atoms with Crippen molar-refractivity contribution in [3.63, 3.8) is 0 Å². The van der Waals surface area contributed by atoms with Crippen molar-refractivity contribution in [2.24, 2.45) is 0 Å². The molecule has 0 aromatic heterocycles. The Hall–Kier alpha value is -1.32. The largest absolute Gasteiger partial charge is 1.00 e. The minimum absolute atomic E-state index is 0. The van der Waals surface area contributed by atoms with Gasteiger partial charge in [0.25, 0.3) is 5.91 Å². The second kappa shape index (κ2) is 7.31. The van der Waals surface area contributed by atoms with E-state index in [-0.39, 0.29) is 24.5 Å². The van der Waals surface area contributed by atoms with E-state index in [0.29, 0.717) is 10.1 Å². The highest BCUT2D eigenvalue weighted by Crippen LogP contribution is 2.12. The van der Waals surface area contributed by atoms with Gasteiger partial charge < -0.3 is 22.2 Å². The Bertz CT molecular complexity index is 429. The summed E-state index contributed by atoms with van der Waals surface area (Å²) >= 11 is 0. The lowest BCUT2D eigenvalue weighted by atomic mass is 10.2. The number of quaternary nitrogens is 1. The monoisotopic (exact) mass is 282 g/mol. The molecule has 0 fully saturated rings. The van der Waals surface area contributed by atoms with E-state index in [4.69, 9.17) is 0 Å². The van der Waals surface area contributed by atoms with Gasteiger partial charge in [0.05, 0.1) is 14.1 Å². The normalized spacial score (nSPS) is 12.2. The van der Waals surface area contributed by atoms with Crippen LogP contribution in [0.2, 0.25) is 0 Å². The zero-order valence-electron chi connectivity index (χ0n) is 12.1. The second-order valence-electron chi connectivity index (χ2n) is 5.35.